The Bertz CT molecular complexity index is 411. The Kier molecular flexibility index (Phi) is 4.69. The summed E-state index contributed by atoms with van der Waals surface area (Å²) >= 11 is 0. The maximum absolute atomic E-state index is 12.3. The van der Waals surface area contributed by atoms with Crippen molar-refractivity contribution in [2.45, 2.75) is 20.3 Å². The van der Waals surface area contributed by atoms with Crippen molar-refractivity contribution < 1.29 is 9.32 Å². The van der Waals surface area contributed by atoms with Crippen molar-refractivity contribution in [3.05, 3.63) is 42.3 Å². The van der Waals surface area contributed by atoms with Gasteiger partial charge in [-0.3, -0.25) is 4.79 Å². The highest BCUT2D eigenvalue weighted by molar-refractivity contribution is 5.96. The van der Waals surface area contributed by atoms with E-state index in [0.717, 1.165) is 0 Å². The molecule has 17 heavy (non-hydrogen) atoms. The molecule has 0 aliphatic carbocycles. The Morgan fingerprint density at radius 1 is 1.41 bits per heavy atom. The molecule has 4 heteroatoms. The molecule has 4 nitrogen and oxygen atoms in total. The third kappa shape index (κ3) is 2.84. The molecule has 0 fully saturated rings. The zero-order valence-electron chi connectivity index (χ0n) is 10.4. The number of hydrogen-bond donors (Lipinski definition) is 0. The molecule has 0 radical (unpaired) electrons. The minimum atomic E-state index is -0.0830. The molecule has 0 saturated carbocycles. The van der Waals surface area contributed by atoms with E-state index in [4.69, 9.17) is 4.52 Å². The van der Waals surface area contributed by atoms with E-state index in [1.54, 1.807) is 24.0 Å². The van der Waals surface area contributed by atoms with E-state index in [1.807, 2.05) is 6.92 Å². The molecule has 0 atom stereocenters. The van der Waals surface area contributed by atoms with Crippen LogP contribution in [0.4, 0.5) is 0 Å². The summed E-state index contributed by atoms with van der Waals surface area (Å²) in [7, 11) is 0. The van der Waals surface area contributed by atoms with Gasteiger partial charge in [0.2, 0.25) is 0 Å². The number of rotatable bonds is 6. The molecule has 0 spiro atoms. The van der Waals surface area contributed by atoms with Gasteiger partial charge in [-0.05, 0) is 13.3 Å². The zero-order chi connectivity index (χ0) is 12.8. The zero-order valence-corrected chi connectivity index (χ0v) is 10.4. The second kappa shape index (κ2) is 6.03. The van der Waals surface area contributed by atoms with Crippen LogP contribution in [0.5, 0.6) is 0 Å². The molecule has 92 valence electrons. The maximum Gasteiger partial charge on any atom is 0.259 e. The normalized spacial score (nSPS) is 10.0. The lowest BCUT2D eigenvalue weighted by atomic mass is 10.1. The molecule has 0 bridgehead atoms. The van der Waals surface area contributed by atoms with Crippen molar-refractivity contribution in [1.29, 1.82) is 0 Å². The van der Waals surface area contributed by atoms with E-state index in [0.29, 0.717) is 36.5 Å². The van der Waals surface area contributed by atoms with Gasteiger partial charge in [0.05, 0.1) is 5.69 Å². The summed E-state index contributed by atoms with van der Waals surface area (Å²) in [6, 6.07) is 0. The molecule has 1 heterocycles. The molecule has 1 aromatic rings. The molecular weight excluding hydrogens is 216 g/mol. The average Bonchev–Trinajstić information content (AvgIpc) is 2.69. The predicted octanol–water partition coefficient (Wildman–Crippen LogP) is 2.36. The monoisotopic (exact) mass is 234 g/mol. The number of hydrogen-bond acceptors (Lipinski definition) is 3. The standard InChI is InChI=1S/C13H18N2O2/c1-5-8-15(9-6-2)13(16)12-10(4)17-14-11(12)7-3/h5-6H,1-2,7-9H2,3-4H3. The van der Waals surface area contributed by atoms with E-state index in [-0.39, 0.29) is 5.91 Å². The van der Waals surface area contributed by atoms with Crippen LogP contribution in [0.15, 0.2) is 29.8 Å². The van der Waals surface area contributed by atoms with Crippen LogP contribution in [0.2, 0.25) is 0 Å². The fraction of sp³-hybridized carbons (Fsp3) is 0.385. The Morgan fingerprint density at radius 2 is 2.00 bits per heavy atom. The smallest absolute Gasteiger partial charge is 0.259 e. The molecule has 0 aliphatic heterocycles. The minimum absolute atomic E-state index is 0.0830. The van der Waals surface area contributed by atoms with E-state index < -0.39 is 0 Å². The Morgan fingerprint density at radius 3 is 2.47 bits per heavy atom. The third-order valence-corrected chi connectivity index (χ3v) is 2.47. The molecule has 1 rings (SSSR count). The molecule has 0 N–H and O–H groups in total. The largest absolute Gasteiger partial charge is 0.361 e. The average molecular weight is 234 g/mol. The number of aromatic nitrogens is 1. The summed E-state index contributed by atoms with van der Waals surface area (Å²) in [4.78, 5) is 14.0. The highest BCUT2D eigenvalue weighted by Crippen LogP contribution is 2.16. The van der Waals surface area contributed by atoms with Gasteiger partial charge >= 0.3 is 0 Å². The van der Waals surface area contributed by atoms with Gasteiger partial charge in [-0.2, -0.15) is 0 Å². The number of nitrogens with zero attached hydrogens (tertiary/aromatic N) is 2. The molecule has 0 saturated heterocycles. The number of aryl methyl sites for hydroxylation is 2. The lowest BCUT2D eigenvalue weighted by Crippen LogP contribution is -2.32. The van der Waals surface area contributed by atoms with Crippen LogP contribution in [0.25, 0.3) is 0 Å². The first-order chi connectivity index (χ1) is 8.15. The fourth-order valence-corrected chi connectivity index (χ4v) is 1.64. The van der Waals surface area contributed by atoms with Crippen molar-refractivity contribution in [2.24, 2.45) is 0 Å². The summed E-state index contributed by atoms with van der Waals surface area (Å²) < 4.78 is 5.06. The van der Waals surface area contributed by atoms with Crippen LogP contribution in [0.1, 0.15) is 28.7 Å². The van der Waals surface area contributed by atoms with Gasteiger partial charge in [0.1, 0.15) is 11.3 Å². The first-order valence-corrected chi connectivity index (χ1v) is 5.61. The number of amides is 1. The lowest BCUT2D eigenvalue weighted by molar-refractivity contribution is 0.0788. The van der Waals surface area contributed by atoms with Crippen molar-refractivity contribution in [1.82, 2.24) is 10.1 Å². The molecule has 0 aliphatic rings. The Balaban J connectivity index is 3.03. The summed E-state index contributed by atoms with van der Waals surface area (Å²) in [6.07, 6.45) is 4.06. The van der Waals surface area contributed by atoms with Crippen molar-refractivity contribution >= 4 is 5.91 Å². The fourth-order valence-electron chi connectivity index (χ4n) is 1.64. The van der Waals surface area contributed by atoms with Crippen molar-refractivity contribution in [3.63, 3.8) is 0 Å². The van der Waals surface area contributed by atoms with Gasteiger partial charge in [-0.25, -0.2) is 0 Å². The van der Waals surface area contributed by atoms with E-state index in [1.165, 1.54) is 0 Å². The quantitative estimate of drug-likeness (QED) is 0.710. The molecule has 1 amide bonds. The molecular formula is C13H18N2O2. The van der Waals surface area contributed by atoms with Crippen LogP contribution in [-0.2, 0) is 6.42 Å². The summed E-state index contributed by atoms with van der Waals surface area (Å²) in [5.74, 6) is 0.477. The Hall–Kier alpha value is -1.84. The van der Waals surface area contributed by atoms with Crippen LogP contribution >= 0.6 is 0 Å². The minimum Gasteiger partial charge on any atom is -0.361 e. The van der Waals surface area contributed by atoms with Gasteiger partial charge < -0.3 is 9.42 Å². The highest BCUT2D eigenvalue weighted by Gasteiger charge is 2.22. The first kappa shape index (κ1) is 13.2. The van der Waals surface area contributed by atoms with E-state index >= 15 is 0 Å². The SMILES string of the molecule is C=CCN(CC=C)C(=O)c1c(CC)noc1C. The van der Waals surface area contributed by atoms with Crippen LogP contribution in [0.3, 0.4) is 0 Å². The van der Waals surface area contributed by atoms with Gasteiger partial charge in [0.25, 0.3) is 5.91 Å². The summed E-state index contributed by atoms with van der Waals surface area (Å²) in [5, 5.41) is 3.88. The maximum atomic E-state index is 12.3. The number of carbonyl (C=O) groups excluding carboxylic acids is 1. The third-order valence-electron chi connectivity index (χ3n) is 2.47. The van der Waals surface area contributed by atoms with Crippen molar-refractivity contribution in [2.75, 3.05) is 13.1 Å². The van der Waals surface area contributed by atoms with Gasteiger partial charge in [0, 0.05) is 13.1 Å². The molecule has 1 aromatic heterocycles. The number of carbonyl (C=O) groups is 1. The predicted molar refractivity (Wildman–Crippen MR) is 66.9 cm³/mol. The highest BCUT2D eigenvalue weighted by atomic mass is 16.5. The first-order valence-electron chi connectivity index (χ1n) is 5.61. The summed E-state index contributed by atoms with van der Waals surface area (Å²) in [6.45, 7) is 12.0. The van der Waals surface area contributed by atoms with Crippen molar-refractivity contribution in [3.8, 4) is 0 Å². The second-order valence-corrected chi connectivity index (χ2v) is 3.70. The van der Waals surface area contributed by atoms with E-state index in [9.17, 15) is 4.79 Å². The van der Waals surface area contributed by atoms with E-state index in [2.05, 4.69) is 18.3 Å². The molecule has 0 aromatic carbocycles. The lowest BCUT2D eigenvalue weighted by Gasteiger charge is -2.19. The Labute approximate surface area is 102 Å². The van der Waals surface area contributed by atoms with Gasteiger partial charge in [-0.1, -0.05) is 24.2 Å². The van der Waals surface area contributed by atoms with Crippen LogP contribution in [-0.4, -0.2) is 29.1 Å². The van der Waals surface area contributed by atoms with Gasteiger partial charge in [0.15, 0.2) is 0 Å². The van der Waals surface area contributed by atoms with Gasteiger partial charge in [-0.15, -0.1) is 13.2 Å². The second-order valence-electron chi connectivity index (χ2n) is 3.70. The van der Waals surface area contributed by atoms with Crippen LogP contribution in [0, 0.1) is 6.92 Å². The van der Waals surface area contributed by atoms with Crippen LogP contribution < -0.4 is 0 Å². The topological polar surface area (TPSA) is 46.3 Å². The summed E-state index contributed by atoms with van der Waals surface area (Å²) in [5.41, 5.74) is 1.27. The molecule has 0 unspecified atom stereocenters.